The number of aryl methyl sites for hydroxylation is 2. The molecule has 116 valence electrons. The average molecular weight is 308 g/mol. The van der Waals surface area contributed by atoms with E-state index in [2.05, 4.69) is 22.1 Å². The third kappa shape index (κ3) is 3.45. The second-order valence-corrected chi connectivity index (χ2v) is 5.36. The number of nitrogens with zero attached hydrogens (tertiary/aromatic N) is 1. The van der Waals surface area contributed by atoms with E-state index in [1.54, 1.807) is 12.1 Å². The van der Waals surface area contributed by atoms with Crippen molar-refractivity contribution >= 4 is 22.8 Å². The molecule has 0 aliphatic heterocycles. The summed E-state index contributed by atoms with van der Waals surface area (Å²) in [7, 11) is 0. The Morgan fingerprint density at radius 1 is 1.00 bits per heavy atom. The Morgan fingerprint density at radius 3 is 2.52 bits per heavy atom. The van der Waals surface area contributed by atoms with Gasteiger partial charge in [0.25, 0.3) is 0 Å². The average Bonchev–Trinajstić information content (AvgIpc) is 2.96. The number of carbonyl (C=O) groups is 2. The molecule has 0 atom stereocenters. The Balaban J connectivity index is 1.84. The molecule has 0 saturated heterocycles. The smallest absolute Gasteiger partial charge is 0.311 e. The van der Waals surface area contributed by atoms with Gasteiger partial charge in [-0.3, -0.25) is 9.59 Å². The van der Waals surface area contributed by atoms with Crippen molar-refractivity contribution in [2.45, 2.75) is 19.3 Å². The van der Waals surface area contributed by atoms with Gasteiger partial charge in [-0.2, -0.15) is 0 Å². The van der Waals surface area contributed by atoms with Gasteiger partial charge in [0.2, 0.25) is 0 Å². The van der Waals surface area contributed by atoms with Crippen molar-refractivity contribution in [1.82, 2.24) is 9.97 Å². The van der Waals surface area contributed by atoms with E-state index in [0.29, 0.717) is 11.1 Å². The number of hydrogen-bond donors (Lipinski definition) is 2. The van der Waals surface area contributed by atoms with Gasteiger partial charge in [-0.05, 0) is 24.1 Å². The van der Waals surface area contributed by atoms with Crippen molar-refractivity contribution in [1.29, 1.82) is 0 Å². The van der Waals surface area contributed by atoms with Crippen molar-refractivity contribution in [2.24, 2.45) is 0 Å². The lowest BCUT2D eigenvalue weighted by atomic mass is 10.1. The molecule has 0 amide bonds. The maximum Gasteiger partial charge on any atom is 0.311 e. The number of H-pyrrole nitrogens is 1. The number of imidazole rings is 1. The molecule has 0 saturated carbocycles. The van der Waals surface area contributed by atoms with Gasteiger partial charge < -0.3 is 10.1 Å². The normalized spacial score (nSPS) is 10.8. The van der Waals surface area contributed by atoms with Gasteiger partial charge in [0.05, 0.1) is 11.0 Å². The molecular formula is C18H16N2O3. The number of hydrogen-bond acceptors (Lipinski definition) is 3. The van der Waals surface area contributed by atoms with Crippen molar-refractivity contribution in [3.05, 3.63) is 65.5 Å². The van der Waals surface area contributed by atoms with E-state index in [-0.39, 0.29) is 0 Å². The molecule has 2 aromatic carbocycles. The molecule has 5 nitrogen and oxygen atoms in total. The minimum atomic E-state index is -1.13. The molecule has 3 aromatic rings. The van der Waals surface area contributed by atoms with Gasteiger partial charge >= 0.3 is 5.97 Å². The molecule has 0 spiro atoms. The lowest BCUT2D eigenvalue weighted by Gasteiger charge is -1.99. The van der Waals surface area contributed by atoms with E-state index in [0.717, 1.165) is 24.2 Å². The first-order valence-electron chi connectivity index (χ1n) is 7.40. The van der Waals surface area contributed by atoms with E-state index in [9.17, 15) is 9.59 Å². The van der Waals surface area contributed by atoms with E-state index in [4.69, 9.17) is 5.11 Å². The first-order chi connectivity index (χ1) is 11.1. The van der Waals surface area contributed by atoms with Crippen LogP contribution in [0.15, 0.2) is 48.5 Å². The van der Waals surface area contributed by atoms with Crippen LogP contribution in [0.25, 0.3) is 11.0 Å². The number of carbonyl (C=O) groups excluding carboxylic acids is 1. The molecule has 2 N–H and O–H groups in total. The summed E-state index contributed by atoms with van der Waals surface area (Å²) in [5.74, 6) is -0.768. The van der Waals surface area contributed by atoms with Crippen LogP contribution < -0.4 is 0 Å². The standard InChI is InChI=1S/C18H16N2O3/c21-15(11-17(22)23)13-7-4-8-14-18(13)20-16(19-14)10-9-12-5-2-1-3-6-12/h1-8H,9-11H2,(H,19,20)(H,22,23). The third-order valence-corrected chi connectivity index (χ3v) is 3.67. The fourth-order valence-corrected chi connectivity index (χ4v) is 2.57. The minimum Gasteiger partial charge on any atom is -0.481 e. The zero-order valence-electron chi connectivity index (χ0n) is 12.5. The second-order valence-electron chi connectivity index (χ2n) is 5.36. The van der Waals surface area contributed by atoms with Crippen LogP contribution in [0.4, 0.5) is 0 Å². The summed E-state index contributed by atoms with van der Waals surface area (Å²) in [6.07, 6.45) is 1.05. The SMILES string of the molecule is O=C(O)CC(=O)c1cccc2[nH]c(CCc3ccccc3)nc12. The lowest BCUT2D eigenvalue weighted by Crippen LogP contribution is -2.07. The maximum atomic E-state index is 12.0. The zero-order chi connectivity index (χ0) is 16.2. The van der Waals surface area contributed by atoms with Gasteiger partial charge in [-0.1, -0.05) is 36.4 Å². The van der Waals surface area contributed by atoms with Crippen molar-refractivity contribution in [2.75, 3.05) is 0 Å². The molecule has 5 heteroatoms. The fourth-order valence-electron chi connectivity index (χ4n) is 2.57. The molecule has 1 heterocycles. The Kier molecular flexibility index (Phi) is 4.19. The summed E-state index contributed by atoms with van der Waals surface area (Å²) in [5.41, 5.74) is 2.87. The highest BCUT2D eigenvalue weighted by Gasteiger charge is 2.16. The molecule has 0 fully saturated rings. The zero-order valence-corrected chi connectivity index (χ0v) is 12.5. The number of para-hydroxylation sites is 1. The van der Waals surface area contributed by atoms with Crippen LogP contribution >= 0.6 is 0 Å². The first-order valence-corrected chi connectivity index (χ1v) is 7.40. The number of carboxylic acids is 1. The van der Waals surface area contributed by atoms with Gasteiger partial charge in [0.15, 0.2) is 5.78 Å². The summed E-state index contributed by atoms with van der Waals surface area (Å²) >= 11 is 0. The molecule has 0 aliphatic carbocycles. The summed E-state index contributed by atoms with van der Waals surface area (Å²) < 4.78 is 0. The van der Waals surface area contributed by atoms with Gasteiger partial charge in [0.1, 0.15) is 12.2 Å². The van der Waals surface area contributed by atoms with Crippen LogP contribution in [0.5, 0.6) is 0 Å². The summed E-state index contributed by atoms with van der Waals surface area (Å²) in [6.45, 7) is 0. The number of benzene rings is 2. The van der Waals surface area contributed by atoms with Crippen molar-refractivity contribution < 1.29 is 14.7 Å². The highest BCUT2D eigenvalue weighted by molar-refractivity contribution is 6.11. The summed E-state index contributed by atoms with van der Waals surface area (Å²) in [5, 5.41) is 8.78. The third-order valence-electron chi connectivity index (χ3n) is 3.67. The molecule has 0 aliphatic rings. The lowest BCUT2D eigenvalue weighted by molar-refractivity contribution is -0.135. The van der Waals surface area contributed by atoms with E-state index in [1.807, 2.05) is 24.3 Å². The minimum absolute atomic E-state index is 0.354. The van der Waals surface area contributed by atoms with Crippen LogP contribution in [0, 0.1) is 0 Å². The number of carboxylic acid groups (broad SMARTS) is 1. The molecule has 23 heavy (non-hydrogen) atoms. The fraction of sp³-hybridized carbons (Fsp3) is 0.167. The topological polar surface area (TPSA) is 83.0 Å². The number of aliphatic carboxylic acids is 1. The number of aromatic nitrogens is 2. The highest BCUT2D eigenvalue weighted by atomic mass is 16.4. The molecule has 0 bridgehead atoms. The van der Waals surface area contributed by atoms with Gasteiger partial charge in [-0.25, -0.2) is 4.98 Å². The Hall–Kier alpha value is -2.95. The van der Waals surface area contributed by atoms with E-state index in [1.165, 1.54) is 5.56 Å². The molecular weight excluding hydrogens is 292 g/mol. The Labute approximate surface area is 133 Å². The number of nitrogens with one attached hydrogen (secondary N) is 1. The monoisotopic (exact) mass is 308 g/mol. The molecule has 3 rings (SSSR count). The number of ketones is 1. The number of Topliss-reactive ketones (excluding diaryl/α,β-unsaturated/α-hetero) is 1. The van der Waals surface area contributed by atoms with E-state index >= 15 is 0 Å². The van der Waals surface area contributed by atoms with Gasteiger partial charge in [0, 0.05) is 12.0 Å². The predicted octanol–water partition coefficient (Wildman–Crippen LogP) is 3.01. The number of aromatic amines is 1. The van der Waals surface area contributed by atoms with Crippen LogP contribution in [0.3, 0.4) is 0 Å². The summed E-state index contributed by atoms with van der Waals surface area (Å²) in [6, 6.07) is 15.3. The van der Waals surface area contributed by atoms with Crippen LogP contribution in [0.2, 0.25) is 0 Å². The van der Waals surface area contributed by atoms with Crippen LogP contribution in [0.1, 0.15) is 28.2 Å². The largest absolute Gasteiger partial charge is 0.481 e. The second kappa shape index (κ2) is 6.44. The van der Waals surface area contributed by atoms with Crippen LogP contribution in [-0.4, -0.2) is 26.8 Å². The van der Waals surface area contributed by atoms with Crippen molar-refractivity contribution in [3.63, 3.8) is 0 Å². The Bertz CT molecular complexity index is 853. The Morgan fingerprint density at radius 2 is 1.78 bits per heavy atom. The van der Waals surface area contributed by atoms with E-state index < -0.39 is 18.2 Å². The van der Waals surface area contributed by atoms with Crippen molar-refractivity contribution in [3.8, 4) is 0 Å². The molecule has 0 unspecified atom stereocenters. The number of fused-ring (bicyclic) bond motifs is 1. The molecule has 0 radical (unpaired) electrons. The first kappa shape index (κ1) is 15.0. The number of rotatable bonds is 6. The summed E-state index contributed by atoms with van der Waals surface area (Å²) in [4.78, 5) is 30.4. The van der Waals surface area contributed by atoms with Gasteiger partial charge in [-0.15, -0.1) is 0 Å². The highest BCUT2D eigenvalue weighted by Crippen LogP contribution is 2.19. The molecule has 1 aromatic heterocycles. The predicted molar refractivity (Wildman–Crippen MR) is 86.5 cm³/mol. The van der Waals surface area contributed by atoms with Crippen LogP contribution in [-0.2, 0) is 17.6 Å². The quantitative estimate of drug-likeness (QED) is 0.541. The maximum absolute atomic E-state index is 12.0.